The molecule has 0 saturated carbocycles. The van der Waals surface area contributed by atoms with Crippen LogP contribution in [0, 0.1) is 0 Å². The highest BCUT2D eigenvalue weighted by atomic mass is 16.5. The molecule has 0 amide bonds. The van der Waals surface area contributed by atoms with Crippen molar-refractivity contribution in [3.63, 3.8) is 0 Å². The van der Waals surface area contributed by atoms with E-state index in [0.29, 0.717) is 12.4 Å². The molecule has 0 fully saturated rings. The minimum Gasteiger partial charge on any atom is -0.493 e. The second kappa shape index (κ2) is 6.82. The molecular formula is C24H19N3O. The Morgan fingerprint density at radius 3 is 2.29 bits per heavy atom. The van der Waals surface area contributed by atoms with Crippen molar-refractivity contribution in [2.75, 3.05) is 6.61 Å². The first kappa shape index (κ1) is 16.5. The van der Waals surface area contributed by atoms with Gasteiger partial charge in [-0.1, -0.05) is 66.7 Å². The fourth-order valence-corrected chi connectivity index (χ4v) is 3.51. The van der Waals surface area contributed by atoms with E-state index in [1.54, 1.807) is 0 Å². The lowest BCUT2D eigenvalue weighted by Crippen LogP contribution is -1.94. The molecule has 3 aromatic carbocycles. The van der Waals surface area contributed by atoms with E-state index in [4.69, 9.17) is 9.72 Å². The molecule has 0 unspecified atom stereocenters. The number of nitrogens with zero attached hydrogens (tertiary/aromatic N) is 3. The second-order valence-electron chi connectivity index (χ2n) is 6.61. The van der Waals surface area contributed by atoms with Crippen molar-refractivity contribution in [2.24, 2.45) is 0 Å². The molecule has 5 aromatic rings. The molecule has 136 valence electrons. The third-order valence-electron chi connectivity index (χ3n) is 4.87. The summed E-state index contributed by atoms with van der Waals surface area (Å²) < 4.78 is 7.59. The molecule has 0 radical (unpaired) electrons. The van der Waals surface area contributed by atoms with Gasteiger partial charge in [-0.25, -0.2) is 9.50 Å². The lowest BCUT2D eigenvalue weighted by molar-refractivity contribution is 0.344. The van der Waals surface area contributed by atoms with Crippen LogP contribution in [-0.4, -0.2) is 21.2 Å². The lowest BCUT2D eigenvalue weighted by atomic mass is 10.0. The summed E-state index contributed by atoms with van der Waals surface area (Å²) in [7, 11) is 0. The van der Waals surface area contributed by atoms with Crippen LogP contribution in [0.2, 0.25) is 0 Å². The van der Waals surface area contributed by atoms with E-state index in [1.807, 2.05) is 41.9 Å². The Morgan fingerprint density at radius 2 is 1.50 bits per heavy atom. The Labute approximate surface area is 163 Å². The van der Waals surface area contributed by atoms with E-state index >= 15 is 0 Å². The Morgan fingerprint density at radius 1 is 0.750 bits per heavy atom. The number of benzene rings is 3. The zero-order valence-electron chi connectivity index (χ0n) is 15.5. The summed E-state index contributed by atoms with van der Waals surface area (Å²) in [5.74, 6) is 1.59. The van der Waals surface area contributed by atoms with E-state index in [1.165, 1.54) is 11.1 Å². The molecule has 0 aliphatic heterocycles. The quantitative estimate of drug-likeness (QED) is 0.415. The Balaban J connectivity index is 1.58. The summed E-state index contributed by atoms with van der Waals surface area (Å²) >= 11 is 0. The van der Waals surface area contributed by atoms with Crippen molar-refractivity contribution < 1.29 is 4.74 Å². The summed E-state index contributed by atoms with van der Waals surface area (Å²) in [6.45, 7) is 2.63. The zero-order chi connectivity index (χ0) is 18.9. The van der Waals surface area contributed by atoms with Crippen LogP contribution in [0.1, 0.15) is 6.92 Å². The third-order valence-corrected chi connectivity index (χ3v) is 4.87. The summed E-state index contributed by atoms with van der Waals surface area (Å²) in [6, 6.07) is 26.8. The zero-order valence-corrected chi connectivity index (χ0v) is 15.5. The molecule has 2 aromatic heterocycles. The average molecular weight is 365 g/mol. The van der Waals surface area contributed by atoms with Crippen LogP contribution in [0.5, 0.6) is 5.75 Å². The van der Waals surface area contributed by atoms with Crippen LogP contribution < -0.4 is 4.74 Å². The van der Waals surface area contributed by atoms with E-state index in [9.17, 15) is 0 Å². The molecule has 2 heterocycles. The van der Waals surface area contributed by atoms with Gasteiger partial charge in [0.25, 0.3) is 0 Å². The topological polar surface area (TPSA) is 39.4 Å². The minimum atomic E-state index is 0.635. The minimum absolute atomic E-state index is 0.635. The first-order chi connectivity index (χ1) is 13.8. The maximum absolute atomic E-state index is 5.76. The van der Waals surface area contributed by atoms with Gasteiger partial charge in [-0.15, -0.1) is 5.10 Å². The predicted molar refractivity (Wildman–Crippen MR) is 113 cm³/mol. The molecule has 28 heavy (non-hydrogen) atoms. The van der Waals surface area contributed by atoms with Gasteiger partial charge in [0.05, 0.1) is 6.61 Å². The van der Waals surface area contributed by atoms with Crippen molar-refractivity contribution >= 4 is 16.4 Å². The maximum Gasteiger partial charge on any atom is 0.182 e. The van der Waals surface area contributed by atoms with Gasteiger partial charge in [0.2, 0.25) is 0 Å². The molecule has 0 atom stereocenters. The van der Waals surface area contributed by atoms with Crippen LogP contribution in [0.4, 0.5) is 0 Å². The Kier molecular flexibility index (Phi) is 4.02. The van der Waals surface area contributed by atoms with Crippen LogP contribution in [-0.2, 0) is 0 Å². The molecule has 0 aliphatic rings. The molecule has 0 aliphatic carbocycles. The molecule has 4 heteroatoms. The van der Waals surface area contributed by atoms with Gasteiger partial charge in [-0.2, -0.15) is 0 Å². The fourth-order valence-electron chi connectivity index (χ4n) is 3.51. The van der Waals surface area contributed by atoms with E-state index in [2.05, 4.69) is 59.7 Å². The predicted octanol–water partition coefficient (Wildman–Crippen LogP) is 5.62. The van der Waals surface area contributed by atoms with Crippen molar-refractivity contribution in [3.8, 4) is 28.3 Å². The SMILES string of the molecule is CCOc1cccc2c1ccn1nc(-c3ccc(-c4ccccc4)cc3)nc21. The van der Waals surface area contributed by atoms with Gasteiger partial charge < -0.3 is 4.74 Å². The van der Waals surface area contributed by atoms with Gasteiger partial charge in [-0.05, 0) is 30.2 Å². The first-order valence-electron chi connectivity index (χ1n) is 9.40. The Bertz CT molecular complexity index is 1260. The fraction of sp³-hybridized carbons (Fsp3) is 0.0833. The van der Waals surface area contributed by atoms with Crippen molar-refractivity contribution in [3.05, 3.63) is 85.1 Å². The van der Waals surface area contributed by atoms with E-state index in [0.717, 1.165) is 27.7 Å². The highest BCUT2D eigenvalue weighted by Gasteiger charge is 2.11. The largest absolute Gasteiger partial charge is 0.493 e. The molecule has 0 bridgehead atoms. The Hall–Kier alpha value is -3.66. The van der Waals surface area contributed by atoms with Gasteiger partial charge in [0.15, 0.2) is 11.5 Å². The number of hydrogen-bond donors (Lipinski definition) is 0. The standard InChI is InChI=1S/C24H19N3O/c1-2-28-22-10-6-9-21-20(22)15-16-27-24(21)25-23(26-27)19-13-11-18(12-14-19)17-7-4-3-5-8-17/h3-16H,2H2,1H3. The molecule has 0 saturated heterocycles. The molecule has 5 rings (SSSR count). The van der Waals surface area contributed by atoms with Gasteiger partial charge in [0, 0.05) is 22.5 Å². The van der Waals surface area contributed by atoms with Crippen LogP contribution >= 0.6 is 0 Å². The first-order valence-corrected chi connectivity index (χ1v) is 9.40. The molecule has 4 nitrogen and oxygen atoms in total. The van der Waals surface area contributed by atoms with Crippen LogP contribution in [0.3, 0.4) is 0 Å². The summed E-state index contributed by atoms with van der Waals surface area (Å²) in [6.07, 6.45) is 1.94. The number of ether oxygens (including phenoxy) is 1. The van der Waals surface area contributed by atoms with Crippen molar-refractivity contribution in [1.29, 1.82) is 0 Å². The molecule has 0 spiro atoms. The number of aromatic nitrogens is 3. The summed E-state index contributed by atoms with van der Waals surface area (Å²) in [5.41, 5.74) is 4.21. The van der Waals surface area contributed by atoms with Crippen LogP contribution in [0.25, 0.3) is 38.9 Å². The van der Waals surface area contributed by atoms with E-state index in [-0.39, 0.29) is 0 Å². The highest BCUT2D eigenvalue weighted by molar-refractivity contribution is 5.98. The number of rotatable bonds is 4. The van der Waals surface area contributed by atoms with E-state index < -0.39 is 0 Å². The third kappa shape index (κ3) is 2.79. The van der Waals surface area contributed by atoms with Gasteiger partial charge in [-0.3, -0.25) is 0 Å². The van der Waals surface area contributed by atoms with Crippen molar-refractivity contribution in [1.82, 2.24) is 14.6 Å². The smallest absolute Gasteiger partial charge is 0.182 e. The van der Waals surface area contributed by atoms with Gasteiger partial charge >= 0.3 is 0 Å². The summed E-state index contributed by atoms with van der Waals surface area (Å²) in [5, 5.41) is 6.76. The maximum atomic E-state index is 5.76. The second-order valence-corrected chi connectivity index (χ2v) is 6.61. The summed E-state index contributed by atoms with van der Waals surface area (Å²) in [4.78, 5) is 4.81. The number of pyridine rings is 1. The van der Waals surface area contributed by atoms with Gasteiger partial charge in [0.1, 0.15) is 5.75 Å². The molecular weight excluding hydrogens is 346 g/mol. The van der Waals surface area contributed by atoms with Crippen molar-refractivity contribution in [2.45, 2.75) is 6.92 Å². The number of fused-ring (bicyclic) bond motifs is 3. The molecule has 0 N–H and O–H groups in total. The monoisotopic (exact) mass is 365 g/mol. The number of hydrogen-bond acceptors (Lipinski definition) is 3. The highest BCUT2D eigenvalue weighted by Crippen LogP contribution is 2.29. The van der Waals surface area contributed by atoms with Crippen LogP contribution in [0.15, 0.2) is 85.1 Å². The lowest BCUT2D eigenvalue weighted by Gasteiger charge is -2.07. The normalized spacial score (nSPS) is 11.2. The average Bonchev–Trinajstić information content (AvgIpc) is 3.20.